The highest BCUT2D eigenvalue weighted by molar-refractivity contribution is 5.50. The van der Waals surface area contributed by atoms with Gasteiger partial charge in [0.05, 0.1) is 0 Å². The smallest absolute Gasteiger partial charge is 0.0369 e. The summed E-state index contributed by atoms with van der Waals surface area (Å²) in [4.78, 5) is 2.30. The summed E-state index contributed by atoms with van der Waals surface area (Å²) in [5.74, 6) is 0. The van der Waals surface area contributed by atoms with Crippen molar-refractivity contribution in [2.75, 3.05) is 25.5 Å². The Morgan fingerprint density at radius 2 is 1.62 bits per heavy atom. The quantitative estimate of drug-likeness (QED) is 0.839. The number of anilines is 1. The van der Waals surface area contributed by atoms with Gasteiger partial charge in [-0.05, 0) is 58.0 Å². The van der Waals surface area contributed by atoms with E-state index < -0.39 is 0 Å². The van der Waals surface area contributed by atoms with E-state index >= 15 is 0 Å². The summed E-state index contributed by atoms with van der Waals surface area (Å²) in [6.45, 7) is 9.71. The lowest BCUT2D eigenvalue weighted by atomic mass is 10.0. The van der Waals surface area contributed by atoms with Gasteiger partial charge in [0, 0.05) is 24.8 Å². The van der Waals surface area contributed by atoms with E-state index in [0.29, 0.717) is 0 Å². The van der Waals surface area contributed by atoms with Crippen LogP contribution in [0.5, 0.6) is 0 Å². The molecular formula is C14H24N2. The number of hydrogen-bond donors (Lipinski definition) is 1. The summed E-state index contributed by atoms with van der Waals surface area (Å²) in [6, 6.07) is 6.68. The predicted octanol–water partition coefficient (Wildman–Crippen LogP) is 2.74. The van der Waals surface area contributed by atoms with Crippen molar-refractivity contribution in [3.63, 3.8) is 0 Å². The lowest BCUT2D eigenvalue weighted by molar-refractivity contribution is 0.428. The largest absolute Gasteiger partial charge is 0.373 e. The minimum absolute atomic E-state index is 0.131. The number of rotatable bonds is 4. The average molecular weight is 220 g/mol. The predicted molar refractivity (Wildman–Crippen MR) is 72.3 cm³/mol. The molecule has 1 N–H and O–H groups in total. The fourth-order valence-electron chi connectivity index (χ4n) is 1.93. The van der Waals surface area contributed by atoms with E-state index in [0.717, 1.165) is 6.54 Å². The highest BCUT2D eigenvalue weighted by Gasteiger charge is 2.17. The Morgan fingerprint density at radius 3 is 2.06 bits per heavy atom. The molecule has 0 saturated heterocycles. The molecule has 0 fully saturated rings. The van der Waals surface area contributed by atoms with Gasteiger partial charge in [-0.2, -0.15) is 0 Å². The molecule has 1 aromatic rings. The van der Waals surface area contributed by atoms with Crippen LogP contribution in [-0.2, 0) is 0 Å². The molecule has 0 aliphatic rings. The van der Waals surface area contributed by atoms with Gasteiger partial charge in [-0.15, -0.1) is 0 Å². The normalized spacial score (nSPS) is 11.6. The first-order chi connectivity index (χ1) is 7.34. The molecule has 0 bridgehead atoms. The van der Waals surface area contributed by atoms with Gasteiger partial charge < -0.3 is 10.2 Å². The molecule has 2 nitrogen and oxygen atoms in total. The van der Waals surface area contributed by atoms with Gasteiger partial charge in [0.25, 0.3) is 0 Å². The number of nitrogens with zero attached hydrogens (tertiary/aromatic N) is 1. The maximum absolute atomic E-state index is 3.33. The van der Waals surface area contributed by atoms with Crippen LogP contribution in [0, 0.1) is 13.8 Å². The molecule has 0 saturated carbocycles. The van der Waals surface area contributed by atoms with Gasteiger partial charge in [-0.3, -0.25) is 0 Å². The summed E-state index contributed by atoms with van der Waals surface area (Å²) < 4.78 is 0. The maximum atomic E-state index is 3.33. The van der Waals surface area contributed by atoms with Crippen molar-refractivity contribution >= 4 is 5.69 Å². The Morgan fingerprint density at radius 1 is 1.12 bits per heavy atom. The lowest BCUT2D eigenvalue weighted by Crippen LogP contribution is -2.46. The fourth-order valence-corrected chi connectivity index (χ4v) is 1.93. The van der Waals surface area contributed by atoms with Gasteiger partial charge in [0.15, 0.2) is 0 Å². The van der Waals surface area contributed by atoms with Crippen molar-refractivity contribution in [3.05, 3.63) is 29.3 Å². The van der Waals surface area contributed by atoms with Crippen LogP contribution in [0.4, 0.5) is 5.69 Å². The number of hydrogen-bond acceptors (Lipinski definition) is 2. The minimum Gasteiger partial charge on any atom is -0.373 e. The Bertz CT molecular complexity index is 336. The first-order valence-electron chi connectivity index (χ1n) is 5.82. The van der Waals surface area contributed by atoms with E-state index in [1.54, 1.807) is 0 Å². The van der Waals surface area contributed by atoms with E-state index in [2.05, 4.69) is 63.2 Å². The molecule has 0 aliphatic carbocycles. The number of likely N-dealkylation sites (N-methyl/N-ethyl adjacent to an activating group) is 2. The Hall–Kier alpha value is -1.02. The van der Waals surface area contributed by atoms with Crippen LogP contribution in [0.2, 0.25) is 0 Å². The molecular weight excluding hydrogens is 196 g/mol. The summed E-state index contributed by atoms with van der Waals surface area (Å²) in [6.07, 6.45) is 0. The van der Waals surface area contributed by atoms with Gasteiger partial charge >= 0.3 is 0 Å². The molecule has 0 spiro atoms. The Balaban J connectivity index is 2.84. The number of benzene rings is 1. The van der Waals surface area contributed by atoms with Crippen LogP contribution >= 0.6 is 0 Å². The summed E-state index contributed by atoms with van der Waals surface area (Å²) in [7, 11) is 4.16. The van der Waals surface area contributed by atoms with Crippen LogP contribution < -0.4 is 10.2 Å². The van der Waals surface area contributed by atoms with Crippen molar-refractivity contribution in [3.8, 4) is 0 Å². The Labute approximate surface area is 99.7 Å². The third-order valence-corrected chi connectivity index (χ3v) is 2.96. The molecule has 1 rings (SSSR count). The topological polar surface area (TPSA) is 15.3 Å². The second kappa shape index (κ2) is 4.88. The molecule has 0 aromatic heterocycles. The minimum atomic E-state index is 0.131. The highest BCUT2D eigenvalue weighted by atomic mass is 15.1. The van der Waals surface area contributed by atoms with Gasteiger partial charge in [0.2, 0.25) is 0 Å². The van der Waals surface area contributed by atoms with Crippen LogP contribution in [0.1, 0.15) is 25.0 Å². The van der Waals surface area contributed by atoms with Crippen LogP contribution in [0.15, 0.2) is 18.2 Å². The molecule has 0 unspecified atom stereocenters. The monoisotopic (exact) mass is 220 g/mol. The third kappa shape index (κ3) is 3.53. The van der Waals surface area contributed by atoms with Gasteiger partial charge in [-0.1, -0.05) is 6.07 Å². The molecule has 0 radical (unpaired) electrons. The third-order valence-electron chi connectivity index (χ3n) is 2.96. The van der Waals surface area contributed by atoms with Crippen molar-refractivity contribution in [2.24, 2.45) is 0 Å². The first kappa shape index (κ1) is 13.0. The van der Waals surface area contributed by atoms with Crippen LogP contribution in [0.3, 0.4) is 0 Å². The average Bonchev–Trinajstić information content (AvgIpc) is 2.15. The van der Waals surface area contributed by atoms with Gasteiger partial charge in [-0.25, -0.2) is 0 Å². The molecule has 0 atom stereocenters. The zero-order chi connectivity index (χ0) is 12.3. The summed E-state index contributed by atoms with van der Waals surface area (Å²) >= 11 is 0. The second-order valence-electron chi connectivity index (χ2n) is 5.34. The molecule has 16 heavy (non-hydrogen) atoms. The zero-order valence-electron chi connectivity index (χ0n) is 11.4. The fraction of sp³-hybridized carbons (Fsp3) is 0.571. The standard InChI is InChI=1S/C14H24N2/c1-11-7-12(2)9-13(8-11)16(6)10-14(3,4)15-5/h7-9,15H,10H2,1-6H3. The van der Waals surface area contributed by atoms with E-state index in [4.69, 9.17) is 0 Å². The van der Waals surface area contributed by atoms with E-state index in [-0.39, 0.29) is 5.54 Å². The molecule has 0 heterocycles. The zero-order valence-corrected chi connectivity index (χ0v) is 11.4. The van der Waals surface area contributed by atoms with Gasteiger partial charge in [0.1, 0.15) is 0 Å². The van der Waals surface area contributed by atoms with E-state index in [9.17, 15) is 0 Å². The maximum Gasteiger partial charge on any atom is 0.0369 e. The van der Waals surface area contributed by atoms with Crippen LogP contribution in [-0.4, -0.2) is 26.2 Å². The van der Waals surface area contributed by atoms with E-state index in [1.807, 2.05) is 7.05 Å². The van der Waals surface area contributed by atoms with Crippen molar-refractivity contribution in [1.29, 1.82) is 0 Å². The molecule has 0 amide bonds. The SMILES string of the molecule is CNC(C)(C)CN(C)c1cc(C)cc(C)c1. The van der Waals surface area contributed by atoms with Crippen LogP contribution in [0.25, 0.3) is 0 Å². The highest BCUT2D eigenvalue weighted by Crippen LogP contribution is 2.19. The second-order valence-corrected chi connectivity index (χ2v) is 5.34. The number of nitrogens with one attached hydrogen (secondary N) is 1. The molecule has 0 aliphatic heterocycles. The Kier molecular flexibility index (Phi) is 3.98. The molecule has 1 aromatic carbocycles. The van der Waals surface area contributed by atoms with Crippen molar-refractivity contribution in [1.82, 2.24) is 5.32 Å². The van der Waals surface area contributed by atoms with Crippen molar-refractivity contribution in [2.45, 2.75) is 33.2 Å². The first-order valence-corrected chi connectivity index (χ1v) is 5.82. The summed E-state index contributed by atoms with van der Waals surface area (Å²) in [5.41, 5.74) is 4.07. The lowest BCUT2D eigenvalue weighted by Gasteiger charge is -2.31. The van der Waals surface area contributed by atoms with E-state index in [1.165, 1.54) is 16.8 Å². The van der Waals surface area contributed by atoms with Crippen molar-refractivity contribution < 1.29 is 0 Å². The summed E-state index contributed by atoms with van der Waals surface area (Å²) in [5, 5.41) is 3.33. The molecule has 2 heteroatoms. The number of aryl methyl sites for hydroxylation is 2. The molecule has 90 valence electrons.